The Hall–Kier alpha value is -1.53. The summed E-state index contributed by atoms with van der Waals surface area (Å²) in [6, 6.07) is 0. The van der Waals surface area contributed by atoms with Crippen molar-refractivity contribution in [2.45, 2.75) is 30.6 Å². The van der Waals surface area contributed by atoms with Gasteiger partial charge in [-0.05, 0) is 6.42 Å². The molecule has 2 saturated heterocycles. The molecule has 0 amide bonds. The van der Waals surface area contributed by atoms with Crippen molar-refractivity contribution in [3.8, 4) is 0 Å². The first-order valence-electron chi connectivity index (χ1n) is 7.08. The zero-order chi connectivity index (χ0) is 17.3. The van der Waals surface area contributed by atoms with Crippen LogP contribution in [0.15, 0.2) is 4.79 Å². The summed E-state index contributed by atoms with van der Waals surface area (Å²) < 4.78 is 26.7. The van der Waals surface area contributed by atoms with Crippen LogP contribution in [0, 0.1) is 5.92 Å². The van der Waals surface area contributed by atoms with Gasteiger partial charge in [-0.3, -0.25) is 18.8 Å². The van der Waals surface area contributed by atoms with Crippen molar-refractivity contribution in [2.75, 3.05) is 17.7 Å². The number of nitrogens with two attached hydrogens (primary N) is 1. The van der Waals surface area contributed by atoms with E-state index in [2.05, 4.69) is 19.8 Å². The number of anilines is 2. The summed E-state index contributed by atoms with van der Waals surface area (Å²) >= 11 is 0. The maximum atomic E-state index is 12.0. The third-order valence-electron chi connectivity index (χ3n) is 4.37. The number of aromatic amines is 1. The van der Waals surface area contributed by atoms with Crippen LogP contribution in [0.4, 0.5) is 11.8 Å². The average molecular weight is 362 g/mol. The molecule has 13 heteroatoms. The van der Waals surface area contributed by atoms with Crippen molar-refractivity contribution < 1.29 is 33.5 Å². The van der Waals surface area contributed by atoms with Gasteiger partial charge in [0.1, 0.15) is 18.1 Å². The second kappa shape index (κ2) is 4.99. The molecule has 3 aliphatic heterocycles. The van der Waals surface area contributed by atoms with Crippen LogP contribution in [-0.4, -0.2) is 55.9 Å². The number of phosphoric ester groups is 1. The molecule has 24 heavy (non-hydrogen) atoms. The lowest BCUT2D eigenvalue weighted by Crippen LogP contribution is -2.68. The number of aliphatic hydroxyl groups is 2. The molecule has 5 atom stereocenters. The number of rotatable bonds is 0. The van der Waals surface area contributed by atoms with Crippen LogP contribution >= 0.6 is 7.82 Å². The van der Waals surface area contributed by atoms with E-state index in [1.165, 1.54) is 0 Å². The van der Waals surface area contributed by atoms with Gasteiger partial charge < -0.3 is 30.9 Å². The van der Waals surface area contributed by atoms with E-state index in [0.717, 1.165) is 0 Å². The number of phosphoric acid groups is 1. The van der Waals surface area contributed by atoms with Gasteiger partial charge in [0.05, 0.1) is 18.1 Å². The minimum atomic E-state index is -4.40. The Balaban J connectivity index is 1.73. The molecule has 3 aliphatic rings. The van der Waals surface area contributed by atoms with Gasteiger partial charge in [0, 0.05) is 0 Å². The van der Waals surface area contributed by atoms with Crippen LogP contribution in [0.5, 0.6) is 0 Å². The second-order valence-electron chi connectivity index (χ2n) is 5.90. The molecular formula is C11H15N4O8P. The molecule has 1 aromatic rings. The Kier molecular flexibility index (Phi) is 3.32. The number of fused-ring (bicyclic) bond motifs is 3. The first-order chi connectivity index (χ1) is 11.2. The number of nitrogens with one attached hydrogen (secondary N) is 2. The van der Waals surface area contributed by atoms with E-state index in [9.17, 15) is 24.5 Å². The van der Waals surface area contributed by atoms with E-state index < -0.39 is 43.5 Å². The number of H-pyrrole nitrogens is 1. The fourth-order valence-electron chi connectivity index (χ4n) is 3.25. The quantitative estimate of drug-likeness (QED) is 0.218. The molecule has 0 spiro atoms. The van der Waals surface area contributed by atoms with Gasteiger partial charge in [0.25, 0.3) is 5.56 Å². The van der Waals surface area contributed by atoms with E-state index in [1.807, 2.05) is 0 Å². The SMILES string of the molecule is Nc1nc2c(c(=O)[nH]1)CC1[C@H](N2)O[C@@H]2COP(=O)(O)O[C@@H]2C1(O)O. The van der Waals surface area contributed by atoms with Crippen molar-refractivity contribution in [1.82, 2.24) is 9.97 Å². The van der Waals surface area contributed by atoms with Gasteiger partial charge in [-0.1, -0.05) is 0 Å². The molecule has 0 radical (unpaired) electrons. The summed E-state index contributed by atoms with van der Waals surface area (Å²) in [6.07, 6.45) is -3.53. The summed E-state index contributed by atoms with van der Waals surface area (Å²) in [5, 5.41) is 23.9. The van der Waals surface area contributed by atoms with Crippen LogP contribution in [0.2, 0.25) is 0 Å². The Bertz CT molecular complexity index is 797. The Labute approximate surface area is 134 Å². The third kappa shape index (κ3) is 2.35. The van der Waals surface area contributed by atoms with Crippen molar-refractivity contribution in [3.05, 3.63) is 15.9 Å². The highest BCUT2D eigenvalue weighted by atomic mass is 31.2. The first kappa shape index (κ1) is 16.0. The lowest BCUT2D eigenvalue weighted by atomic mass is 9.80. The van der Waals surface area contributed by atoms with Crippen LogP contribution in [-0.2, 0) is 24.8 Å². The van der Waals surface area contributed by atoms with Gasteiger partial charge >= 0.3 is 7.82 Å². The highest BCUT2D eigenvalue weighted by Gasteiger charge is 2.61. The fraction of sp³-hybridized carbons (Fsp3) is 0.636. The molecule has 0 aromatic carbocycles. The second-order valence-corrected chi connectivity index (χ2v) is 7.31. The van der Waals surface area contributed by atoms with Crippen LogP contribution < -0.4 is 16.6 Å². The number of nitrogens with zero attached hydrogens (tertiary/aromatic N) is 1. The highest BCUT2D eigenvalue weighted by molar-refractivity contribution is 7.47. The molecule has 132 valence electrons. The van der Waals surface area contributed by atoms with Crippen LogP contribution in [0.1, 0.15) is 5.56 Å². The molecular weight excluding hydrogens is 347 g/mol. The number of aromatic nitrogens is 2. The lowest BCUT2D eigenvalue weighted by molar-refractivity contribution is -0.337. The first-order valence-corrected chi connectivity index (χ1v) is 8.58. The lowest BCUT2D eigenvalue weighted by Gasteiger charge is -2.52. The molecule has 12 nitrogen and oxygen atoms in total. The fourth-order valence-corrected chi connectivity index (χ4v) is 4.22. The van der Waals surface area contributed by atoms with Crippen LogP contribution in [0.25, 0.3) is 0 Å². The summed E-state index contributed by atoms with van der Waals surface area (Å²) in [6.45, 7) is -0.357. The summed E-state index contributed by atoms with van der Waals surface area (Å²) in [5.74, 6) is -3.50. The van der Waals surface area contributed by atoms with Gasteiger partial charge in [-0.2, -0.15) is 4.98 Å². The van der Waals surface area contributed by atoms with Gasteiger partial charge in [-0.25, -0.2) is 4.57 Å². The molecule has 2 unspecified atom stereocenters. The van der Waals surface area contributed by atoms with E-state index in [1.54, 1.807) is 0 Å². The zero-order valence-electron chi connectivity index (χ0n) is 12.1. The van der Waals surface area contributed by atoms with E-state index in [0.29, 0.717) is 0 Å². The molecule has 0 bridgehead atoms. The minimum absolute atomic E-state index is 0.0943. The maximum absolute atomic E-state index is 12.0. The number of hydrogen-bond donors (Lipinski definition) is 6. The minimum Gasteiger partial charge on any atom is -0.369 e. The summed E-state index contributed by atoms with van der Waals surface area (Å²) in [5.41, 5.74) is 5.14. The van der Waals surface area contributed by atoms with E-state index in [4.69, 9.17) is 15.0 Å². The topological polar surface area (TPSA) is 189 Å². The van der Waals surface area contributed by atoms with Crippen molar-refractivity contribution in [1.29, 1.82) is 0 Å². The van der Waals surface area contributed by atoms with E-state index in [-0.39, 0.29) is 30.4 Å². The average Bonchev–Trinajstić information content (AvgIpc) is 2.47. The Morgan fingerprint density at radius 3 is 2.92 bits per heavy atom. The third-order valence-corrected chi connectivity index (χ3v) is 5.34. The standard InChI is InChI=1S/C11H15N4O8P/c12-10-14-7-3(8(16)15-10)1-4-9(13-7)22-5-2-21-24(19,20)23-6(5)11(4,17)18/h4-6,9,17-18H,1-2H2,(H,19,20)(H4,12,13,14,15,16)/t4?,5-,6+,9-/m1/s1. The molecule has 4 rings (SSSR count). The molecule has 2 fully saturated rings. The molecule has 0 aliphatic carbocycles. The Morgan fingerprint density at radius 1 is 1.42 bits per heavy atom. The molecule has 4 heterocycles. The van der Waals surface area contributed by atoms with Gasteiger partial charge in [0.15, 0.2) is 6.10 Å². The van der Waals surface area contributed by atoms with Crippen LogP contribution in [0.3, 0.4) is 0 Å². The van der Waals surface area contributed by atoms with Gasteiger partial charge in [-0.15, -0.1) is 0 Å². The Morgan fingerprint density at radius 2 is 2.17 bits per heavy atom. The normalized spacial score (nSPS) is 40.0. The van der Waals surface area contributed by atoms with Gasteiger partial charge in [0.2, 0.25) is 11.7 Å². The summed E-state index contributed by atoms with van der Waals surface area (Å²) in [4.78, 5) is 27.7. The summed E-state index contributed by atoms with van der Waals surface area (Å²) in [7, 11) is -4.40. The molecule has 7 N–H and O–H groups in total. The van der Waals surface area contributed by atoms with Crippen molar-refractivity contribution >= 4 is 19.6 Å². The van der Waals surface area contributed by atoms with E-state index >= 15 is 0 Å². The number of ether oxygens (including phenoxy) is 1. The molecule has 0 saturated carbocycles. The maximum Gasteiger partial charge on any atom is 0.472 e. The number of nitrogen functional groups attached to an aromatic ring is 1. The monoisotopic (exact) mass is 362 g/mol. The smallest absolute Gasteiger partial charge is 0.369 e. The predicted molar refractivity (Wildman–Crippen MR) is 76.6 cm³/mol. The largest absolute Gasteiger partial charge is 0.472 e. The highest BCUT2D eigenvalue weighted by Crippen LogP contribution is 2.53. The molecule has 1 aromatic heterocycles. The number of hydrogen-bond acceptors (Lipinski definition) is 10. The predicted octanol–water partition coefficient (Wildman–Crippen LogP) is -2.14. The van der Waals surface area contributed by atoms with Crippen molar-refractivity contribution in [3.63, 3.8) is 0 Å². The zero-order valence-corrected chi connectivity index (χ0v) is 13.0. The van der Waals surface area contributed by atoms with Crippen molar-refractivity contribution in [2.24, 2.45) is 5.92 Å².